The molecule has 0 unspecified atom stereocenters. The Morgan fingerprint density at radius 3 is 2.74 bits per heavy atom. The largest absolute Gasteiger partial charge is 0.493 e. The van der Waals surface area contributed by atoms with Crippen LogP contribution in [0.3, 0.4) is 0 Å². The van der Waals surface area contributed by atoms with Crippen molar-refractivity contribution >= 4 is 39.2 Å². The number of aromatic nitrogens is 2. The van der Waals surface area contributed by atoms with Crippen LogP contribution in [0.15, 0.2) is 44.7 Å². The molecule has 0 bridgehead atoms. The molecular formula is C28H31N3O5S2. The van der Waals surface area contributed by atoms with E-state index in [0.29, 0.717) is 46.9 Å². The molecule has 1 amide bonds. The number of hydrogen-bond acceptors (Lipinski definition) is 8. The van der Waals surface area contributed by atoms with Gasteiger partial charge in [0.15, 0.2) is 22.4 Å². The van der Waals surface area contributed by atoms with E-state index in [1.165, 1.54) is 28.6 Å². The normalized spacial score (nSPS) is 12.9. The molecule has 5 rings (SSSR count). The highest BCUT2D eigenvalue weighted by Gasteiger charge is 2.22. The Hall–Kier alpha value is -3.24. The third-order valence-electron chi connectivity index (χ3n) is 6.90. The van der Waals surface area contributed by atoms with E-state index in [0.717, 1.165) is 35.0 Å². The van der Waals surface area contributed by atoms with E-state index < -0.39 is 0 Å². The second kappa shape index (κ2) is 11.2. The Labute approximate surface area is 229 Å². The number of likely N-dealkylation sites (N-methyl/N-ethyl adjacent to an activating group) is 1. The fourth-order valence-corrected chi connectivity index (χ4v) is 6.89. The Bertz CT molecular complexity index is 1540. The maximum atomic E-state index is 13.1. The Balaban J connectivity index is 1.22. The van der Waals surface area contributed by atoms with Crippen molar-refractivity contribution in [3.8, 4) is 11.5 Å². The van der Waals surface area contributed by atoms with E-state index in [1.807, 2.05) is 24.3 Å². The molecule has 0 spiro atoms. The van der Waals surface area contributed by atoms with Crippen LogP contribution >= 0.6 is 23.1 Å². The second-order valence-electron chi connectivity index (χ2n) is 9.37. The average molecular weight is 554 g/mol. The molecule has 0 aliphatic heterocycles. The van der Waals surface area contributed by atoms with Gasteiger partial charge in [0.25, 0.3) is 11.5 Å². The number of amides is 1. The molecule has 0 fully saturated rings. The molecule has 1 aromatic carbocycles. The lowest BCUT2D eigenvalue weighted by Gasteiger charge is -2.16. The quantitative estimate of drug-likeness (QED) is 0.211. The van der Waals surface area contributed by atoms with Crippen LogP contribution in [0.4, 0.5) is 0 Å². The number of hydrogen-bond donors (Lipinski definition) is 0. The summed E-state index contributed by atoms with van der Waals surface area (Å²) < 4.78 is 18.2. The van der Waals surface area contributed by atoms with Crippen molar-refractivity contribution in [2.24, 2.45) is 7.05 Å². The van der Waals surface area contributed by atoms with Gasteiger partial charge in [-0.2, -0.15) is 0 Å². The maximum Gasteiger partial charge on any atom is 0.289 e. The molecule has 200 valence electrons. The zero-order valence-electron chi connectivity index (χ0n) is 22.0. The first-order valence-electron chi connectivity index (χ1n) is 12.6. The van der Waals surface area contributed by atoms with Crippen LogP contribution < -0.4 is 15.0 Å². The van der Waals surface area contributed by atoms with Gasteiger partial charge < -0.3 is 18.8 Å². The van der Waals surface area contributed by atoms with Gasteiger partial charge in [0.2, 0.25) is 0 Å². The average Bonchev–Trinajstić information content (AvgIpc) is 3.57. The summed E-state index contributed by atoms with van der Waals surface area (Å²) in [7, 11) is 6.74. The van der Waals surface area contributed by atoms with Gasteiger partial charge in [0.05, 0.1) is 25.4 Å². The number of carbonyl (C=O) groups excluding carboxylic acids is 1. The van der Waals surface area contributed by atoms with Gasteiger partial charge in [0.1, 0.15) is 10.6 Å². The van der Waals surface area contributed by atoms with Gasteiger partial charge in [-0.1, -0.05) is 17.8 Å². The highest BCUT2D eigenvalue weighted by Crippen LogP contribution is 2.35. The molecule has 0 radical (unpaired) electrons. The van der Waals surface area contributed by atoms with Crippen LogP contribution in [0, 0.1) is 0 Å². The summed E-state index contributed by atoms with van der Waals surface area (Å²) in [5, 5.41) is 1.44. The summed E-state index contributed by atoms with van der Waals surface area (Å²) in [5.74, 6) is 2.57. The van der Waals surface area contributed by atoms with E-state index in [4.69, 9.17) is 18.9 Å². The molecule has 0 N–H and O–H groups in total. The van der Waals surface area contributed by atoms with Crippen LogP contribution in [0.2, 0.25) is 0 Å². The first-order valence-corrected chi connectivity index (χ1v) is 14.4. The van der Waals surface area contributed by atoms with Crippen molar-refractivity contribution < 1.29 is 18.7 Å². The lowest BCUT2D eigenvalue weighted by Crippen LogP contribution is -2.28. The minimum absolute atomic E-state index is 0.0170. The number of carbonyl (C=O) groups is 1. The number of aryl methyl sites for hydroxylation is 2. The predicted octanol–water partition coefficient (Wildman–Crippen LogP) is 5.09. The fourth-order valence-electron chi connectivity index (χ4n) is 4.73. The Kier molecular flexibility index (Phi) is 7.80. The molecule has 8 nitrogen and oxygen atoms in total. The number of methoxy groups -OCH3 is 2. The van der Waals surface area contributed by atoms with Gasteiger partial charge in [-0.25, -0.2) is 4.98 Å². The SMILES string of the molecule is COc1ccc(CCN(C)C(=O)c2ccc(CSc3nc4sc5c(c4c(=O)n3C)CCCC5)o2)cc1OC. The van der Waals surface area contributed by atoms with Gasteiger partial charge >= 0.3 is 0 Å². The van der Waals surface area contributed by atoms with Crippen molar-refractivity contribution in [2.75, 3.05) is 27.8 Å². The van der Waals surface area contributed by atoms with Crippen LogP contribution in [-0.2, 0) is 32.1 Å². The molecule has 0 saturated heterocycles. The monoisotopic (exact) mass is 553 g/mol. The van der Waals surface area contributed by atoms with Crippen molar-refractivity contribution in [1.29, 1.82) is 0 Å². The predicted molar refractivity (Wildman–Crippen MR) is 150 cm³/mol. The first-order chi connectivity index (χ1) is 18.4. The number of benzene rings is 1. The molecule has 0 atom stereocenters. The van der Waals surface area contributed by atoms with Crippen molar-refractivity contribution in [3.63, 3.8) is 0 Å². The van der Waals surface area contributed by atoms with Crippen LogP contribution in [-0.4, -0.2) is 48.2 Å². The van der Waals surface area contributed by atoms with Crippen LogP contribution in [0.25, 0.3) is 10.2 Å². The van der Waals surface area contributed by atoms with Crippen molar-refractivity contribution in [3.05, 3.63) is 68.2 Å². The third-order valence-corrected chi connectivity index (χ3v) is 9.14. The topological polar surface area (TPSA) is 86.8 Å². The van der Waals surface area contributed by atoms with E-state index in [1.54, 1.807) is 55.2 Å². The second-order valence-corrected chi connectivity index (χ2v) is 11.4. The molecule has 3 aromatic heterocycles. The molecule has 0 saturated carbocycles. The van der Waals surface area contributed by atoms with Gasteiger partial charge in [-0.15, -0.1) is 11.3 Å². The van der Waals surface area contributed by atoms with Gasteiger partial charge in [-0.3, -0.25) is 14.2 Å². The lowest BCUT2D eigenvalue weighted by molar-refractivity contribution is 0.0763. The summed E-state index contributed by atoms with van der Waals surface area (Å²) in [5.41, 5.74) is 2.26. The first kappa shape index (κ1) is 26.4. The summed E-state index contributed by atoms with van der Waals surface area (Å²) in [6, 6.07) is 9.26. The molecule has 38 heavy (non-hydrogen) atoms. The zero-order valence-corrected chi connectivity index (χ0v) is 23.7. The molecule has 1 aliphatic rings. The Morgan fingerprint density at radius 1 is 1.16 bits per heavy atom. The van der Waals surface area contributed by atoms with Crippen LogP contribution in [0.1, 0.15) is 45.2 Å². The molecule has 4 aromatic rings. The fraction of sp³-hybridized carbons (Fsp3) is 0.393. The summed E-state index contributed by atoms with van der Waals surface area (Å²) in [6.45, 7) is 0.524. The van der Waals surface area contributed by atoms with Crippen molar-refractivity contribution in [2.45, 2.75) is 43.0 Å². The van der Waals surface area contributed by atoms with Crippen LogP contribution in [0.5, 0.6) is 11.5 Å². The van der Waals surface area contributed by atoms with E-state index in [-0.39, 0.29) is 11.5 Å². The summed E-state index contributed by atoms with van der Waals surface area (Å²) in [4.78, 5) is 34.7. The highest BCUT2D eigenvalue weighted by molar-refractivity contribution is 7.98. The molecule has 3 heterocycles. The van der Waals surface area contributed by atoms with E-state index in [2.05, 4.69) is 0 Å². The van der Waals surface area contributed by atoms with E-state index in [9.17, 15) is 9.59 Å². The smallest absolute Gasteiger partial charge is 0.289 e. The lowest BCUT2D eigenvalue weighted by atomic mass is 9.97. The maximum absolute atomic E-state index is 13.1. The number of thioether (sulfide) groups is 1. The molecule has 1 aliphatic carbocycles. The molecule has 10 heteroatoms. The number of nitrogens with zero attached hydrogens (tertiary/aromatic N) is 3. The minimum Gasteiger partial charge on any atom is -0.493 e. The number of furan rings is 1. The highest BCUT2D eigenvalue weighted by atomic mass is 32.2. The number of rotatable bonds is 9. The third kappa shape index (κ3) is 5.19. The van der Waals surface area contributed by atoms with Gasteiger partial charge in [-0.05, 0) is 67.5 Å². The number of ether oxygens (including phenoxy) is 2. The zero-order chi connectivity index (χ0) is 26.8. The Morgan fingerprint density at radius 2 is 1.95 bits per heavy atom. The summed E-state index contributed by atoms with van der Waals surface area (Å²) in [6.07, 6.45) is 4.97. The standard InChI is InChI=1S/C28H31N3O5S2/c1-30(14-13-17-9-11-20(34-3)22(15-17)35-4)26(32)21-12-10-18(36-21)16-37-28-29-25-24(27(33)31(28)2)19-7-5-6-8-23(19)38-25/h9-12,15H,5-8,13-14,16H2,1-4H3. The molecular weight excluding hydrogens is 522 g/mol. The summed E-state index contributed by atoms with van der Waals surface area (Å²) >= 11 is 3.09. The van der Waals surface area contributed by atoms with Crippen molar-refractivity contribution in [1.82, 2.24) is 14.5 Å². The minimum atomic E-state index is -0.183. The number of thiophene rings is 1. The van der Waals surface area contributed by atoms with Gasteiger partial charge in [0, 0.05) is 25.5 Å². The van der Waals surface area contributed by atoms with E-state index >= 15 is 0 Å². The number of fused-ring (bicyclic) bond motifs is 3.